The van der Waals surface area contributed by atoms with Crippen LogP contribution in [0, 0.1) is 22.7 Å². The van der Waals surface area contributed by atoms with Crippen molar-refractivity contribution in [3.63, 3.8) is 0 Å². The van der Waals surface area contributed by atoms with Crippen LogP contribution in [0.5, 0.6) is 0 Å². The van der Waals surface area contributed by atoms with Crippen LogP contribution in [0.2, 0.25) is 0 Å². The molecule has 0 aliphatic carbocycles. The van der Waals surface area contributed by atoms with Crippen LogP contribution in [-0.4, -0.2) is 0 Å². The second-order valence-corrected chi connectivity index (χ2v) is 6.11. The van der Waals surface area contributed by atoms with E-state index in [4.69, 9.17) is 10.00 Å². The smallest absolute Gasteiger partial charge is 0.154 e. The van der Waals surface area contributed by atoms with Gasteiger partial charge in [-0.1, -0.05) is 37.6 Å². The van der Waals surface area contributed by atoms with Gasteiger partial charge < -0.3 is 4.74 Å². The van der Waals surface area contributed by atoms with Crippen LogP contribution in [0.25, 0.3) is 0 Å². The minimum absolute atomic E-state index is 0.407. The molecule has 1 aromatic rings. The highest BCUT2D eigenvalue weighted by atomic mass is 16.5. The number of hydrogen-bond acceptors (Lipinski definition) is 3. The van der Waals surface area contributed by atoms with Crippen molar-refractivity contribution in [2.45, 2.75) is 52.6 Å². The highest BCUT2D eigenvalue weighted by Crippen LogP contribution is 2.45. The molecule has 0 spiro atoms. The molecule has 1 aliphatic heterocycles. The van der Waals surface area contributed by atoms with Crippen molar-refractivity contribution in [2.75, 3.05) is 0 Å². The quantitative estimate of drug-likeness (QED) is 0.742. The van der Waals surface area contributed by atoms with Gasteiger partial charge in [0.15, 0.2) is 11.4 Å². The zero-order valence-corrected chi connectivity index (χ0v) is 14.2. The molecular formula is C20H22N2O. The van der Waals surface area contributed by atoms with Gasteiger partial charge in [0, 0.05) is 0 Å². The number of nitriles is 2. The Morgan fingerprint density at radius 3 is 2.39 bits per heavy atom. The van der Waals surface area contributed by atoms with Gasteiger partial charge in [0.25, 0.3) is 0 Å². The molecule has 3 nitrogen and oxygen atoms in total. The molecule has 1 atom stereocenters. The van der Waals surface area contributed by atoms with Gasteiger partial charge in [-0.05, 0) is 50.3 Å². The third-order valence-electron chi connectivity index (χ3n) is 4.57. The molecule has 0 amide bonds. The predicted molar refractivity (Wildman–Crippen MR) is 90.1 cm³/mol. The maximum Gasteiger partial charge on any atom is 0.154 e. The number of unbranched alkanes of at least 4 members (excludes halogenated alkanes) is 1. The van der Waals surface area contributed by atoms with Crippen LogP contribution < -0.4 is 0 Å². The summed E-state index contributed by atoms with van der Waals surface area (Å²) in [7, 11) is 0. The summed E-state index contributed by atoms with van der Waals surface area (Å²) in [5.41, 5.74) is 3.38. The van der Waals surface area contributed by atoms with Crippen LogP contribution in [-0.2, 0) is 16.8 Å². The normalized spacial score (nSPS) is 22.3. The monoisotopic (exact) mass is 306 g/mol. The fraction of sp³-hybridized carbons (Fsp3) is 0.400. The first-order valence-corrected chi connectivity index (χ1v) is 7.99. The van der Waals surface area contributed by atoms with Crippen molar-refractivity contribution in [1.82, 2.24) is 0 Å². The van der Waals surface area contributed by atoms with Crippen LogP contribution in [0.1, 0.15) is 51.7 Å². The third-order valence-corrected chi connectivity index (χ3v) is 4.57. The first-order chi connectivity index (χ1) is 11.0. The van der Waals surface area contributed by atoms with Gasteiger partial charge in [0.05, 0.1) is 17.2 Å². The van der Waals surface area contributed by atoms with E-state index >= 15 is 0 Å². The molecule has 1 aliphatic rings. The molecule has 0 bridgehead atoms. The van der Waals surface area contributed by atoms with E-state index in [0.717, 1.165) is 17.6 Å². The van der Waals surface area contributed by atoms with Gasteiger partial charge in [-0.25, -0.2) is 0 Å². The van der Waals surface area contributed by atoms with E-state index in [2.05, 4.69) is 43.3 Å². The average molecular weight is 306 g/mol. The number of allylic oxidation sites excluding steroid dienone is 2. The Kier molecular flexibility index (Phi) is 4.92. The summed E-state index contributed by atoms with van der Waals surface area (Å²) in [5.74, 6) is 0.407. The van der Waals surface area contributed by atoms with E-state index < -0.39 is 5.60 Å². The summed E-state index contributed by atoms with van der Waals surface area (Å²) in [6, 6.07) is 12.6. The predicted octanol–water partition coefficient (Wildman–Crippen LogP) is 4.91. The largest absolute Gasteiger partial charge is 0.476 e. The summed E-state index contributed by atoms with van der Waals surface area (Å²) < 4.78 is 6.08. The highest BCUT2D eigenvalue weighted by Gasteiger charge is 2.41. The van der Waals surface area contributed by atoms with Crippen molar-refractivity contribution in [2.24, 2.45) is 0 Å². The summed E-state index contributed by atoms with van der Waals surface area (Å²) in [4.78, 5) is 0. The van der Waals surface area contributed by atoms with Gasteiger partial charge in [-0.2, -0.15) is 10.5 Å². The van der Waals surface area contributed by atoms with Crippen LogP contribution in [0.3, 0.4) is 0 Å². The number of nitrogens with zero attached hydrogens (tertiary/aromatic N) is 2. The summed E-state index contributed by atoms with van der Waals surface area (Å²) in [5, 5.41) is 18.6. The zero-order chi connectivity index (χ0) is 17.0. The lowest BCUT2D eigenvalue weighted by molar-refractivity contribution is 0.0723. The average Bonchev–Trinajstić information content (AvgIpc) is 2.84. The third kappa shape index (κ3) is 3.01. The fourth-order valence-electron chi connectivity index (χ4n) is 2.84. The molecule has 0 aromatic heterocycles. The van der Waals surface area contributed by atoms with Gasteiger partial charge in [-0.15, -0.1) is 0 Å². The minimum Gasteiger partial charge on any atom is -0.476 e. The van der Waals surface area contributed by atoms with Crippen LogP contribution in [0.15, 0.2) is 46.7 Å². The van der Waals surface area contributed by atoms with Crippen molar-refractivity contribution >= 4 is 0 Å². The van der Waals surface area contributed by atoms with Gasteiger partial charge in [-0.3, -0.25) is 0 Å². The summed E-state index contributed by atoms with van der Waals surface area (Å²) in [6.45, 7) is 7.73. The molecule has 0 N–H and O–H groups in total. The van der Waals surface area contributed by atoms with E-state index in [-0.39, 0.29) is 0 Å². The van der Waals surface area contributed by atoms with Crippen molar-refractivity contribution in [1.29, 1.82) is 10.5 Å². The first-order valence-electron chi connectivity index (χ1n) is 7.99. The Labute approximate surface area is 138 Å². The Morgan fingerprint density at radius 1 is 1.22 bits per heavy atom. The fourth-order valence-corrected chi connectivity index (χ4v) is 2.84. The molecule has 0 fully saturated rings. The molecule has 118 valence electrons. The molecule has 0 saturated carbocycles. The van der Waals surface area contributed by atoms with Crippen LogP contribution >= 0.6 is 0 Å². The molecule has 2 rings (SSSR count). The summed E-state index contributed by atoms with van der Waals surface area (Å²) in [6.07, 6.45) is 3.43. The summed E-state index contributed by atoms with van der Waals surface area (Å²) >= 11 is 0. The van der Waals surface area contributed by atoms with E-state index in [0.29, 0.717) is 16.9 Å². The van der Waals surface area contributed by atoms with Crippen molar-refractivity contribution in [3.8, 4) is 12.1 Å². The molecule has 3 heteroatoms. The molecular weight excluding hydrogens is 284 g/mol. The molecule has 23 heavy (non-hydrogen) atoms. The van der Waals surface area contributed by atoms with Gasteiger partial charge >= 0.3 is 0 Å². The minimum atomic E-state index is -0.693. The van der Waals surface area contributed by atoms with E-state index in [1.54, 1.807) is 6.92 Å². The topological polar surface area (TPSA) is 56.8 Å². The second-order valence-electron chi connectivity index (χ2n) is 6.11. The van der Waals surface area contributed by atoms with Crippen molar-refractivity contribution < 1.29 is 4.74 Å². The Morgan fingerprint density at radius 2 is 1.87 bits per heavy atom. The van der Waals surface area contributed by atoms with E-state index in [9.17, 15) is 5.26 Å². The van der Waals surface area contributed by atoms with E-state index in [1.807, 2.05) is 13.8 Å². The SMILES string of the molecule is CCCCc1ccc(C2(C)O/C(=C(/C)C#N)C(C#N)=C2C)cc1. The molecule has 1 heterocycles. The van der Waals surface area contributed by atoms with Crippen LogP contribution in [0.4, 0.5) is 0 Å². The van der Waals surface area contributed by atoms with E-state index in [1.165, 1.54) is 18.4 Å². The molecule has 0 radical (unpaired) electrons. The number of ether oxygens (including phenoxy) is 1. The lowest BCUT2D eigenvalue weighted by Gasteiger charge is -2.27. The number of hydrogen-bond donors (Lipinski definition) is 0. The van der Waals surface area contributed by atoms with Crippen molar-refractivity contribution in [3.05, 3.63) is 57.9 Å². The number of benzene rings is 1. The second kappa shape index (κ2) is 6.71. The Bertz CT molecular complexity index is 741. The lowest BCUT2D eigenvalue weighted by atomic mass is 9.87. The number of rotatable bonds is 4. The zero-order valence-electron chi connectivity index (χ0n) is 14.2. The highest BCUT2D eigenvalue weighted by molar-refractivity contribution is 5.55. The maximum absolute atomic E-state index is 9.44. The maximum atomic E-state index is 9.44. The van der Waals surface area contributed by atoms with Gasteiger partial charge in [0.2, 0.25) is 0 Å². The number of aryl methyl sites for hydroxylation is 1. The van der Waals surface area contributed by atoms with Gasteiger partial charge in [0.1, 0.15) is 6.07 Å². The first kappa shape index (κ1) is 16.8. The molecule has 1 unspecified atom stereocenters. The molecule has 1 aromatic carbocycles. The Balaban J connectivity index is 2.42. The lowest BCUT2D eigenvalue weighted by Crippen LogP contribution is -2.22. The Hall–Kier alpha value is -2.52. The molecule has 0 saturated heterocycles. The standard InChI is InChI=1S/C20H22N2O/c1-5-6-7-16-8-10-17(11-9-16)20(4)15(3)18(13-22)19(23-20)14(2)12-21/h8-11H,5-7H2,1-4H3/b19-14-.